The molecule has 0 bridgehead atoms. The van der Waals surface area contributed by atoms with Gasteiger partial charge >= 0.3 is 12.1 Å². The Kier molecular flexibility index (Phi) is 6.67. The molecule has 33 heavy (non-hydrogen) atoms. The lowest BCUT2D eigenvalue weighted by molar-refractivity contribution is -0.137. The number of ether oxygens (including phenoxy) is 2. The van der Waals surface area contributed by atoms with Crippen LogP contribution in [-0.4, -0.2) is 89.8 Å². The summed E-state index contributed by atoms with van der Waals surface area (Å²) in [5, 5.41) is 15.1. The van der Waals surface area contributed by atoms with E-state index in [4.69, 9.17) is 20.3 Å². The topological polar surface area (TPSA) is 170 Å². The molecule has 0 unspecified atom stereocenters. The zero-order valence-corrected chi connectivity index (χ0v) is 19.8. The number of allylic oxidation sites excluding steroid dienone is 2. The van der Waals surface area contributed by atoms with Gasteiger partial charge in [0.2, 0.25) is 11.6 Å². The second-order valence-corrected chi connectivity index (χ2v) is 10.8. The Labute approximate surface area is 198 Å². The first-order chi connectivity index (χ1) is 15.7. The lowest BCUT2D eigenvalue weighted by Gasteiger charge is -2.39. The molecule has 1 aliphatic carbocycles. The van der Waals surface area contributed by atoms with Crippen LogP contribution >= 0.6 is 21.6 Å². The van der Waals surface area contributed by atoms with Crippen LogP contribution in [0.25, 0.3) is 0 Å². The van der Waals surface area contributed by atoms with E-state index >= 15 is 0 Å². The third-order valence-electron chi connectivity index (χ3n) is 6.40. The molecule has 0 aromatic rings. The zero-order chi connectivity index (χ0) is 23.9. The van der Waals surface area contributed by atoms with E-state index in [0.29, 0.717) is 35.9 Å². The number of aliphatic carboxylic acids is 1. The van der Waals surface area contributed by atoms with Crippen molar-refractivity contribution < 1.29 is 33.8 Å². The minimum Gasteiger partial charge on any atom is -0.481 e. The molecule has 5 N–H and O–H groups in total. The highest BCUT2D eigenvalue weighted by atomic mass is 33.1. The first-order valence-electron chi connectivity index (χ1n) is 10.5. The van der Waals surface area contributed by atoms with Crippen LogP contribution in [0.1, 0.15) is 13.3 Å². The molecule has 2 saturated heterocycles. The van der Waals surface area contributed by atoms with Crippen molar-refractivity contribution in [2.24, 2.45) is 11.7 Å². The van der Waals surface area contributed by atoms with Crippen molar-refractivity contribution in [2.75, 3.05) is 38.3 Å². The molecular formula is C20H26N4O7S2. The molecule has 4 atom stereocenters. The van der Waals surface area contributed by atoms with Gasteiger partial charge in [-0.25, -0.2) is 4.79 Å². The molecule has 13 heteroatoms. The summed E-state index contributed by atoms with van der Waals surface area (Å²) in [5.74, 6) is -0.971. The molecule has 0 aromatic carbocycles. The number of carbonyl (C=O) groups is 4. The van der Waals surface area contributed by atoms with Crippen LogP contribution in [0.15, 0.2) is 22.5 Å². The van der Waals surface area contributed by atoms with Crippen LogP contribution in [0, 0.1) is 5.92 Å². The summed E-state index contributed by atoms with van der Waals surface area (Å²) in [6.07, 6.45) is -0.875. The number of amides is 1. The molecule has 3 heterocycles. The third kappa shape index (κ3) is 4.00. The summed E-state index contributed by atoms with van der Waals surface area (Å²) in [6, 6.07) is 0.0450. The second-order valence-electron chi connectivity index (χ2n) is 8.14. The number of primary amides is 1. The van der Waals surface area contributed by atoms with Crippen LogP contribution in [0.2, 0.25) is 0 Å². The predicted octanol–water partition coefficient (Wildman–Crippen LogP) is -0.164. The number of nitrogens with zero attached hydrogens (tertiary/aromatic N) is 1. The highest BCUT2D eigenvalue weighted by molar-refractivity contribution is 8.76. The van der Waals surface area contributed by atoms with Crippen LogP contribution in [0.5, 0.6) is 0 Å². The number of Topliss-reactive ketones (excluding diaryl/α,β-unsaturated/α-hetero) is 2. The maximum absolute atomic E-state index is 13.6. The van der Waals surface area contributed by atoms with Gasteiger partial charge in [0.05, 0.1) is 29.8 Å². The Morgan fingerprint density at radius 1 is 1.30 bits per heavy atom. The monoisotopic (exact) mass is 498 g/mol. The predicted molar refractivity (Wildman–Crippen MR) is 121 cm³/mol. The van der Waals surface area contributed by atoms with E-state index in [1.807, 2.05) is 4.90 Å². The first-order valence-corrected chi connectivity index (χ1v) is 13.0. The van der Waals surface area contributed by atoms with Gasteiger partial charge in [0.1, 0.15) is 6.61 Å². The molecule has 0 saturated carbocycles. The Hall–Kier alpha value is -2.22. The molecule has 4 aliphatic rings. The number of nitrogens with two attached hydrogens (primary N) is 1. The van der Waals surface area contributed by atoms with Crippen molar-refractivity contribution in [3.63, 3.8) is 0 Å². The number of ketones is 2. The number of hydrogen-bond donors (Lipinski definition) is 4. The van der Waals surface area contributed by atoms with Crippen molar-refractivity contribution in [3.8, 4) is 0 Å². The number of fused-ring (bicyclic) bond motifs is 4. The summed E-state index contributed by atoms with van der Waals surface area (Å²) in [6.45, 7) is 2.39. The van der Waals surface area contributed by atoms with Gasteiger partial charge in [-0.3, -0.25) is 14.4 Å². The third-order valence-corrected chi connectivity index (χ3v) is 8.81. The Balaban J connectivity index is 1.51. The quantitative estimate of drug-likeness (QED) is 0.129. The van der Waals surface area contributed by atoms with Gasteiger partial charge in [-0.2, -0.15) is 0 Å². The normalized spacial score (nSPS) is 29.8. The minimum atomic E-state index is -0.998. The SMILES string of the molecule is CO[C@@]12[C@H](COC(N)=O)C3=C(C(=O)C(C)=C(NCCSSCCC(=O)O)C3=O)N1C[C@@H]1N[C@@H]12. The van der Waals surface area contributed by atoms with Gasteiger partial charge in [-0.05, 0) is 6.92 Å². The maximum Gasteiger partial charge on any atom is 0.404 e. The van der Waals surface area contributed by atoms with E-state index in [1.165, 1.54) is 28.7 Å². The molecule has 4 rings (SSSR count). The molecule has 2 fully saturated rings. The fourth-order valence-corrected chi connectivity index (χ4v) is 6.85. The van der Waals surface area contributed by atoms with Crippen LogP contribution in [-0.2, 0) is 23.9 Å². The van der Waals surface area contributed by atoms with E-state index < -0.39 is 23.7 Å². The highest BCUT2D eigenvalue weighted by Crippen LogP contribution is 2.55. The molecule has 3 aliphatic heterocycles. The van der Waals surface area contributed by atoms with Gasteiger partial charge in [-0.1, -0.05) is 21.6 Å². The largest absolute Gasteiger partial charge is 0.481 e. The van der Waals surface area contributed by atoms with Gasteiger partial charge in [0.15, 0.2) is 5.72 Å². The van der Waals surface area contributed by atoms with Crippen molar-refractivity contribution in [2.45, 2.75) is 31.2 Å². The van der Waals surface area contributed by atoms with Gasteiger partial charge in [-0.15, -0.1) is 0 Å². The van der Waals surface area contributed by atoms with Crippen LogP contribution in [0.3, 0.4) is 0 Å². The summed E-state index contributed by atoms with van der Waals surface area (Å²) < 4.78 is 11.0. The van der Waals surface area contributed by atoms with E-state index in [2.05, 4.69) is 10.6 Å². The van der Waals surface area contributed by atoms with E-state index in [1.54, 1.807) is 6.92 Å². The number of carbonyl (C=O) groups excluding carboxylic acids is 3. The fourth-order valence-electron chi connectivity index (χ4n) is 4.97. The van der Waals surface area contributed by atoms with Gasteiger partial charge in [0, 0.05) is 48.9 Å². The number of methoxy groups -OCH3 is 1. The van der Waals surface area contributed by atoms with Crippen LogP contribution < -0.4 is 16.4 Å². The molecule has 0 spiro atoms. The van der Waals surface area contributed by atoms with Crippen molar-refractivity contribution >= 4 is 45.2 Å². The maximum atomic E-state index is 13.6. The number of piperazine rings is 1. The summed E-state index contributed by atoms with van der Waals surface area (Å²) >= 11 is 0. The molecule has 11 nitrogen and oxygen atoms in total. The highest BCUT2D eigenvalue weighted by Gasteiger charge is 2.72. The standard InChI is InChI=1S/C20H26N4O7S2/c1-9-14(22-4-6-33-32-5-3-12(25)26)17(28)13-10(8-31-19(21)29)20(30-2)18-11(23-18)7-24(20)15(13)16(9)27/h10-11,18,22-23H,3-8H2,1-2H3,(H2,21,29)(H,25,26)/t10-,11+,18+,20-/m1/s1. The zero-order valence-electron chi connectivity index (χ0n) is 18.2. The number of rotatable bonds is 11. The molecule has 1 amide bonds. The Bertz CT molecular complexity index is 968. The number of carboxylic acid groups (broad SMARTS) is 1. The Morgan fingerprint density at radius 2 is 2.03 bits per heavy atom. The van der Waals surface area contributed by atoms with Gasteiger partial charge < -0.3 is 35.8 Å². The molecule has 0 radical (unpaired) electrons. The van der Waals surface area contributed by atoms with Crippen molar-refractivity contribution in [1.29, 1.82) is 0 Å². The average Bonchev–Trinajstić information content (AvgIpc) is 3.37. The number of nitrogens with one attached hydrogen (secondary N) is 2. The van der Waals surface area contributed by atoms with Crippen molar-refractivity contribution in [3.05, 3.63) is 22.5 Å². The Morgan fingerprint density at radius 3 is 2.70 bits per heavy atom. The average molecular weight is 499 g/mol. The minimum absolute atomic E-state index is 0.0858. The van der Waals surface area contributed by atoms with E-state index in [0.717, 1.165) is 0 Å². The molecule has 180 valence electrons. The number of carboxylic acids is 1. The van der Waals surface area contributed by atoms with Crippen LogP contribution in [0.4, 0.5) is 4.79 Å². The lowest BCUT2D eigenvalue weighted by atomic mass is 9.82. The van der Waals surface area contributed by atoms with Crippen molar-refractivity contribution in [1.82, 2.24) is 15.5 Å². The second kappa shape index (κ2) is 9.20. The first kappa shape index (κ1) is 23.9. The summed E-state index contributed by atoms with van der Waals surface area (Å²) in [7, 11) is 4.46. The van der Waals surface area contributed by atoms with E-state index in [-0.39, 0.29) is 47.9 Å². The smallest absolute Gasteiger partial charge is 0.404 e. The molecular weight excluding hydrogens is 472 g/mol. The van der Waals surface area contributed by atoms with E-state index in [9.17, 15) is 19.2 Å². The number of hydrogen-bond acceptors (Lipinski definition) is 11. The summed E-state index contributed by atoms with van der Waals surface area (Å²) in [4.78, 5) is 50.7. The lowest BCUT2D eigenvalue weighted by Crippen LogP contribution is -2.55. The molecule has 0 aromatic heterocycles. The fraction of sp³-hybridized carbons (Fsp3) is 0.600. The van der Waals surface area contributed by atoms with Gasteiger partial charge in [0.25, 0.3) is 0 Å². The summed E-state index contributed by atoms with van der Waals surface area (Å²) in [5.41, 5.74) is 5.35.